The van der Waals surface area contributed by atoms with Crippen LogP contribution in [0.5, 0.6) is 5.75 Å². The van der Waals surface area contributed by atoms with Gasteiger partial charge in [0.25, 0.3) is 0 Å². The maximum absolute atomic E-state index is 13.4. The SMILES string of the molecule is Cl.NCc1cc(-c2ccc(Cl)c(F)c2)ccc1OC(F)(F)F. The first-order valence-corrected chi connectivity index (χ1v) is 6.22. The minimum absolute atomic E-state index is 0. The Kier molecular flexibility index (Phi) is 6.05. The standard InChI is InChI=1S/C14H10ClF4NO.ClH/c15-11-3-1-9(6-12(11)16)8-2-4-13(10(5-8)7-20)21-14(17,18)19;/h1-6H,7,20H2;1H. The minimum Gasteiger partial charge on any atom is -0.405 e. The number of benzene rings is 2. The predicted octanol–water partition coefficient (Wildman–Crippen LogP) is 4.93. The Hall–Kier alpha value is -1.50. The highest BCUT2D eigenvalue weighted by atomic mass is 35.5. The van der Waals surface area contributed by atoms with E-state index in [4.69, 9.17) is 17.3 Å². The third kappa shape index (κ3) is 4.50. The molecule has 0 aliphatic carbocycles. The van der Waals surface area contributed by atoms with Crippen LogP contribution < -0.4 is 10.5 Å². The third-order valence-electron chi connectivity index (χ3n) is 2.76. The summed E-state index contributed by atoms with van der Waals surface area (Å²) in [6.07, 6.45) is -4.79. The molecule has 0 aromatic heterocycles. The third-order valence-corrected chi connectivity index (χ3v) is 3.07. The van der Waals surface area contributed by atoms with E-state index in [0.717, 1.165) is 6.07 Å². The average molecular weight is 356 g/mol. The van der Waals surface area contributed by atoms with E-state index in [-0.39, 0.29) is 35.3 Å². The molecule has 0 amide bonds. The second kappa shape index (κ2) is 7.17. The fourth-order valence-corrected chi connectivity index (χ4v) is 1.94. The minimum atomic E-state index is -4.79. The molecule has 2 aromatic rings. The largest absolute Gasteiger partial charge is 0.573 e. The number of hydrogen-bond donors (Lipinski definition) is 1. The van der Waals surface area contributed by atoms with Gasteiger partial charge in [0.2, 0.25) is 0 Å². The number of nitrogens with two attached hydrogens (primary N) is 1. The summed E-state index contributed by atoms with van der Waals surface area (Å²) in [5.74, 6) is -0.984. The molecule has 0 saturated carbocycles. The van der Waals surface area contributed by atoms with E-state index in [2.05, 4.69) is 4.74 Å². The number of halogens is 6. The van der Waals surface area contributed by atoms with Crippen molar-refractivity contribution in [3.8, 4) is 16.9 Å². The van der Waals surface area contributed by atoms with Gasteiger partial charge in [-0.05, 0) is 35.4 Å². The van der Waals surface area contributed by atoms with E-state index in [9.17, 15) is 17.6 Å². The summed E-state index contributed by atoms with van der Waals surface area (Å²) in [7, 11) is 0. The number of rotatable bonds is 3. The zero-order chi connectivity index (χ0) is 15.6. The lowest BCUT2D eigenvalue weighted by Gasteiger charge is -2.14. The Balaban J connectivity index is 0.00000242. The molecule has 8 heteroatoms. The van der Waals surface area contributed by atoms with Crippen LogP contribution in [-0.2, 0) is 6.54 Å². The molecule has 120 valence electrons. The molecule has 0 saturated heterocycles. The maximum Gasteiger partial charge on any atom is 0.573 e. The first kappa shape index (κ1) is 18.5. The second-order valence-electron chi connectivity index (χ2n) is 4.20. The summed E-state index contributed by atoms with van der Waals surface area (Å²) < 4.78 is 54.1. The van der Waals surface area contributed by atoms with E-state index in [0.29, 0.717) is 11.1 Å². The van der Waals surface area contributed by atoms with Crippen LogP contribution in [0, 0.1) is 5.82 Å². The molecule has 0 fully saturated rings. The van der Waals surface area contributed by atoms with Crippen LogP contribution in [0.3, 0.4) is 0 Å². The average Bonchev–Trinajstić information content (AvgIpc) is 2.40. The maximum atomic E-state index is 13.4. The Morgan fingerprint density at radius 2 is 1.64 bits per heavy atom. The van der Waals surface area contributed by atoms with Crippen molar-refractivity contribution in [3.05, 3.63) is 52.8 Å². The van der Waals surface area contributed by atoms with Crippen molar-refractivity contribution in [2.45, 2.75) is 12.9 Å². The molecule has 2 aromatic carbocycles. The van der Waals surface area contributed by atoms with Gasteiger partial charge in [-0.25, -0.2) is 4.39 Å². The van der Waals surface area contributed by atoms with Crippen molar-refractivity contribution >= 4 is 24.0 Å². The molecule has 0 heterocycles. The summed E-state index contributed by atoms with van der Waals surface area (Å²) in [5, 5.41) is -0.0326. The van der Waals surface area contributed by atoms with Gasteiger partial charge >= 0.3 is 6.36 Å². The first-order chi connectivity index (χ1) is 9.80. The lowest BCUT2D eigenvalue weighted by atomic mass is 10.0. The quantitative estimate of drug-likeness (QED) is 0.792. The summed E-state index contributed by atoms with van der Waals surface area (Å²) in [6, 6.07) is 8.09. The molecule has 0 bridgehead atoms. The van der Waals surface area contributed by atoms with Gasteiger partial charge in [-0.15, -0.1) is 25.6 Å². The van der Waals surface area contributed by atoms with Crippen molar-refractivity contribution < 1.29 is 22.3 Å². The van der Waals surface area contributed by atoms with Crippen LogP contribution >= 0.6 is 24.0 Å². The van der Waals surface area contributed by atoms with Crippen LogP contribution in [0.25, 0.3) is 11.1 Å². The van der Waals surface area contributed by atoms with Gasteiger partial charge in [0.1, 0.15) is 11.6 Å². The van der Waals surface area contributed by atoms with E-state index in [1.807, 2.05) is 0 Å². The molecule has 2 nitrogen and oxygen atoms in total. The molecule has 2 N–H and O–H groups in total. The summed E-state index contributed by atoms with van der Waals surface area (Å²) >= 11 is 5.58. The van der Waals surface area contributed by atoms with E-state index in [1.165, 1.54) is 24.3 Å². The van der Waals surface area contributed by atoms with Crippen molar-refractivity contribution in [1.29, 1.82) is 0 Å². The normalized spacial score (nSPS) is 11.0. The van der Waals surface area contributed by atoms with E-state index >= 15 is 0 Å². The second-order valence-corrected chi connectivity index (χ2v) is 4.61. The van der Waals surface area contributed by atoms with Crippen LogP contribution in [0.15, 0.2) is 36.4 Å². The summed E-state index contributed by atoms with van der Waals surface area (Å²) in [6.45, 7) is -0.144. The molecule has 0 aliphatic rings. The molecule has 2 rings (SSSR count). The van der Waals surface area contributed by atoms with Crippen molar-refractivity contribution in [2.24, 2.45) is 5.73 Å². The van der Waals surface area contributed by atoms with Crippen molar-refractivity contribution in [3.63, 3.8) is 0 Å². The molecular weight excluding hydrogens is 345 g/mol. The number of ether oxygens (including phenoxy) is 1. The Morgan fingerprint density at radius 1 is 1.05 bits per heavy atom. The molecule has 0 radical (unpaired) electrons. The van der Waals surface area contributed by atoms with Gasteiger partial charge in [-0.3, -0.25) is 0 Å². The zero-order valence-corrected chi connectivity index (χ0v) is 12.5. The Bertz CT molecular complexity index is 662. The van der Waals surface area contributed by atoms with E-state index in [1.54, 1.807) is 6.07 Å². The van der Waals surface area contributed by atoms with Crippen LogP contribution in [0.1, 0.15) is 5.56 Å². The summed E-state index contributed by atoms with van der Waals surface area (Å²) in [5.41, 5.74) is 6.59. The van der Waals surface area contributed by atoms with Crippen molar-refractivity contribution in [2.75, 3.05) is 0 Å². The smallest absolute Gasteiger partial charge is 0.405 e. The van der Waals surface area contributed by atoms with Gasteiger partial charge in [0, 0.05) is 12.1 Å². The number of hydrogen-bond acceptors (Lipinski definition) is 2. The molecule has 0 unspecified atom stereocenters. The highest BCUT2D eigenvalue weighted by Crippen LogP contribution is 2.31. The predicted molar refractivity (Wildman–Crippen MR) is 78.7 cm³/mol. The fraction of sp³-hybridized carbons (Fsp3) is 0.143. The Labute approximate surface area is 135 Å². The van der Waals surface area contributed by atoms with Crippen LogP contribution in [-0.4, -0.2) is 6.36 Å². The molecule has 0 aliphatic heterocycles. The fourth-order valence-electron chi connectivity index (χ4n) is 1.82. The number of alkyl halides is 3. The van der Waals surface area contributed by atoms with Gasteiger partial charge in [0.15, 0.2) is 0 Å². The van der Waals surface area contributed by atoms with E-state index < -0.39 is 12.2 Å². The lowest BCUT2D eigenvalue weighted by molar-refractivity contribution is -0.274. The summed E-state index contributed by atoms with van der Waals surface area (Å²) in [4.78, 5) is 0. The van der Waals surface area contributed by atoms with Gasteiger partial charge in [-0.1, -0.05) is 23.7 Å². The monoisotopic (exact) mass is 355 g/mol. The molecular formula is C14H11Cl2F4NO. The van der Waals surface area contributed by atoms with Crippen LogP contribution in [0.4, 0.5) is 17.6 Å². The molecule has 0 spiro atoms. The zero-order valence-electron chi connectivity index (χ0n) is 11.0. The Morgan fingerprint density at radius 3 is 2.18 bits per heavy atom. The highest BCUT2D eigenvalue weighted by molar-refractivity contribution is 6.30. The van der Waals surface area contributed by atoms with Gasteiger partial charge in [0.05, 0.1) is 5.02 Å². The topological polar surface area (TPSA) is 35.2 Å². The lowest BCUT2D eigenvalue weighted by Crippen LogP contribution is -2.18. The van der Waals surface area contributed by atoms with Crippen molar-refractivity contribution in [1.82, 2.24) is 0 Å². The van der Waals surface area contributed by atoms with Crippen LogP contribution in [0.2, 0.25) is 5.02 Å². The highest BCUT2D eigenvalue weighted by Gasteiger charge is 2.32. The van der Waals surface area contributed by atoms with Gasteiger partial charge in [-0.2, -0.15) is 0 Å². The first-order valence-electron chi connectivity index (χ1n) is 5.84. The molecule has 0 atom stereocenters. The van der Waals surface area contributed by atoms with Gasteiger partial charge < -0.3 is 10.5 Å². The molecule has 22 heavy (non-hydrogen) atoms.